The van der Waals surface area contributed by atoms with Crippen molar-refractivity contribution >= 4 is 5.91 Å². The van der Waals surface area contributed by atoms with E-state index in [0.717, 1.165) is 24.0 Å². The van der Waals surface area contributed by atoms with E-state index in [1.807, 2.05) is 6.07 Å². The van der Waals surface area contributed by atoms with Crippen LogP contribution in [0.3, 0.4) is 0 Å². The minimum absolute atomic E-state index is 0.0921. The molecule has 3 N–H and O–H groups in total. The van der Waals surface area contributed by atoms with Crippen LogP contribution in [0.25, 0.3) is 0 Å². The van der Waals surface area contributed by atoms with E-state index in [0.29, 0.717) is 19.4 Å². The average Bonchev–Trinajstić information content (AvgIpc) is 2.30. The van der Waals surface area contributed by atoms with Gasteiger partial charge in [-0.1, -0.05) is 6.07 Å². The molecule has 1 aliphatic rings. The van der Waals surface area contributed by atoms with Crippen molar-refractivity contribution < 1.29 is 15.0 Å². The number of aromatic hydroxyl groups is 1. The molecule has 0 aromatic heterocycles. The van der Waals surface area contributed by atoms with E-state index in [1.165, 1.54) is 6.92 Å². The minimum Gasteiger partial charge on any atom is -0.508 e. The molecule has 0 heterocycles. The van der Waals surface area contributed by atoms with E-state index >= 15 is 0 Å². The maximum Gasteiger partial charge on any atom is 0.216 e. The number of aliphatic hydroxyl groups is 1. The molecular weight excluding hydrogens is 230 g/mol. The lowest BCUT2D eigenvalue weighted by molar-refractivity contribution is -0.119. The van der Waals surface area contributed by atoms with Crippen LogP contribution in [0.4, 0.5) is 0 Å². The predicted molar refractivity (Wildman–Crippen MR) is 68.2 cm³/mol. The zero-order valence-electron chi connectivity index (χ0n) is 10.6. The fourth-order valence-electron chi connectivity index (χ4n) is 2.63. The maximum atomic E-state index is 10.9. The van der Waals surface area contributed by atoms with E-state index in [4.69, 9.17) is 0 Å². The van der Waals surface area contributed by atoms with Crippen LogP contribution in [0.2, 0.25) is 0 Å². The molecule has 0 bridgehead atoms. The van der Waals surface area contributed by atoms with Gasteiger partial charge >= 0.3 is 0 Å². The molecule has 1 aromatic rings. The summed E-state index contributed by atoms with van der Waals surface area (Å²) in [6.45, 7) is 1.91. The third-order valence-electron chi connectivity index (χ3n) is 3.54. The van der Waals surface area contributed by atoms with Gasteiger partial charge in [0.15, 0.2) is 0 Å². The van der Waals surface area contributed by atoms with E-state index in [-0.39, 0.29) is 11.7 Å². The second-order valence-corrected chi connectivity index (χ2v) is 4.96. The van der Waals surface area contributed by atoms with Crippen LogP contribution in [0.1, 0.15) is 37.3 Å². The Morgan fingerprint density at radius 3 is 3.00 bits per heavy atom. The van der Waals surface area contributed by atoms with Gasteiger partial charge in [0, 0.05) is 13.5 Å². The van der Waals surface area contributed by atoms with E-state index in [2.05, 4.69) is 5.32 Å². The molecule has 0 spiro atoms. The number of rotatable bonds is 3. The zero-order chi connectivity index (χ0) is 13.2. The predicted octanol–water partition coefficient (Wildman–Crippen LogP) is 1.44. The summed E-state index contributed by atoms with van der Waals surface area (Å²) >= 11 is 0. The van der Waals surface area contributed by atoms with Gasteiger partial charge < -0.3 is 15.5 Å². The van der Waals surface area contributed by atoms with Crippen molar-refractivity contribution in [3.63, 3.8) is 0 Å². The number of nitrogens with one attached hydrogen (secondary N) is 1. The van der Waals surface area contributed by atoms with Gasteiger partial charge in [-0.2, -0.15) is 0 Å². The highest BCUT2D eigenvalue weighted by atomic mass is 16.3. The minimum atomic E-state index is -0.936. The standard InChI is InChI=1S/C14H19NO3/c1-10(16)15-8-7-14(18)6-2-3-11-4-5-12(17)9-13(11)14/h4-5,9,17-18H,2-3,6-8H2,1H3,(H,15,16). The van der Waals surface area contributed by atoms with Crippen LogP contribution in [0.15, 0.2) is 18.2 Å². The van der Waals surface area contributed by atoms with Gasteiger partial charge in [0.2, 0.25) is 5.91 Å². The van der Waals surface area contributed by atoms with Crippen LogP contribution in [0.5, 0.6) is 5.75 Å². The summed E-state index contributed by atoms with van der Waals surface area (Å²) in [7, 11) is 0. The van der Waals surface area contributed by atoms with Crippen molar-refractivity contribution in [2.45, 2.75) is 38.2 Å². The summed E-state index contributed by atoms with van der Waals surface area (Å²) in [6, 6.07) is 5.16. The second kappa shape index (κ2) is 4.98. The van der Waals surface area contributed by atoms with Gasteiger partial charge in [0.05, 0.1) is 5.60 Å². The summed E-state index contributed by atoms with van der Waals surface area (Å²) in [5.74, 6) is 0.0825. The van der Waals surface area contributed by atoms with Crippen molar-refractivity contribution in [2.75, 3.05) is 6.54 Å². The number of aryl methyl sites for hydroxylation is 1. The van der Waals surface area contributed by atoms with E-state index in [9.17, 15) is 15.0 Å². The third kappa shape index (κ3) is 2.64. The number of carbonyl (C=O) groups excluding carboxylic acids is 1. The molecular formula is C14H19NO3. The number of hydrogen-bond acceptors (Lipinski definition) is 3. The molecule has 1 atom stereocenters. The number of benzene rings is 1. The monoisotopic (exact) mass is 249 g/mol. The Bertz CT molecular complexity index is 458. The van der Waals surface area contributed by atoms with Crippen LogP contribution >= 0.6 is 0 Å². The van der Waals surface area contributed by atoms with Gasteiger partial charge in [-0.05, 0) is 48.9 Å². The molecule has 1 unspecified atom stereocenters. The molecule has 1 amide bonds. The highest BCUT2D eigenvalue weighted by Crippen LogP contribution is 2.39. The van der Waals surface area contributed by atoms with Crippen LogP contribution < -0.4 is 5.32 Å². The molecule has 98 valence electrons. The second-order valence-electron chi connectivity index (χ2n) is 4.96. The largest absolute Gasteiger partial charge is 0.508 e. The van der Waals surface area contributed by atoms with Crippen LogP contribution in [-0.2, 0) is 16.8 Å². The molecule has 4 nitrogen and oxygen atoms in total. The first-order valence-corrected chi connectivity index (χ1v) is 6.30. The number of phenols is 1. The van der Waals surface area contributed by atoms with Crippen molar-refractivity contribution in [2.24, 2.45) is 0 Å². The topological polar surface area (TPSA) is 69.6 Å². The molecule has 2 rings (SSSR count). The Morgan fingerprint density at radius 1 is 1.50 bits per heavy atom. The van der Waals surface area contributed by atoms with Crippen molar-refractivity contribution in [3.8, 4) is 5.75 Å². The SMILES string of the molecule is CC(=O)NCCC1(O)CCCc2ccc(O)cc21. The molecule has 0 aliphatic heterocycles. The van der Waals surface area contributed by atoms with E-state index < -0.39 is 5.60 Å². The number of phenolic OH excluding ortho intramolecular Hbond substituents is 1. The third-order valence-corrected chi connectivity index (χ3v) is 3.54. The fourth-order valence-corrected chi connectivity index (χ4v) is 2.63. The first-order chi connectivity index (χ1) is 8.51. The van der Waals surface area contributed by atoms with Gasteiger partial charge in [-0.25, -0.2) is 0 Å². The number of fused-ring (bicyclic) bond motifs is 1. The average molecular weight is 249 g/mol. The highest BCUT2D eigenvalue weighted by molar-refractivity contribution is 5.72. The summed E-state index contributed by atoms with van der Waals surface area (Å²) in [5.41, 5.74) is 0.956. The van der Waals surface area contributed by atoms with Crippen molar-refractivity contribution in [1.82, 2.24) is 5.32 Å². The fraction of sp³-hybridized carbons (Fsp3) is 0.500. The summed E-state index contributed by atoms with van der Waals surface area (Å²) in [4.78, 5) is 10.9. The highest BCUT2D eigenvalue weighted by Gasteiger charge is 2.34. The van der Waals surface area contributed by atoms with Gasteiger partial charge in [-0.15, -0.1) is 0 Å². The molecule has 0 fully saturated rings. The molecule has 1 aromatic carbocycles. The van der Waals surface area contributed by atoms with Gasteiger partial charge in [-0.3, -0.25) is 4.79 Å². The first-order valence-electron chi connectivity index (χ1n) is 6.30. The summed E-state index contributed by atoms with van der Waals surface area (Å²) in [5, 5.41) is 23.0. The Balaban J connectivity index is 2.19. The zero-order valence-corrected chi connectivity index (χ0v) is 10.6. The Hall–Kier alpha value is -1.55. The number of amides is 1. The van der Waals surface area contributed by atoms with Crippen molar-refractivity contribution in [1.29, 1.82) is 0 Å². The molecule has 0 radical (unpaired) electrons. The van der Waals surface area contributed by atoms with Crippen LogP contribution in [-0.4, -0.2) is 22.7 Å². The lowest BCUT2D eigenvalue weighted by Gasteiger charge is -2.34. The lowest BCUT2D eigenvalue weighted by atomic mass is 9.77. The molecule has 4 heteroatoms. The van der Waals surface area contributed by atoms with Crippen LogP contribution in [0, 0.1) is 0 Å². The Morgan fingerprint density at radius 2 is 2.28 bits per heavy atom. The summed E-state index contributed by atoms with van der Waals surface area (Å²) < 4.78 is 0. The number of hydrogen-bond donors (Lipinski definition) is 3. The van der Waals surface area contributed by atoms with E-state index in [1.54, 1.807) is 12.1 Å². The maximum absolute atomic E-state index is 10.9. The Labute approximate surface area is 107 Å². The quantitative estimate of drug-likeness (QED) is 0.759. The summed E-state index contributed by atoms with van der Waals surface area (Å²) in [6.07, 6.45) is 3.00. The first kappa shape index (κ1) is 12.9. The molecule has 0 saturated carbocycles. The van der Waals surface area contributed by atoms with Crippen molar-refractivity contribution in [3.05, 3.63) is 29.3 Å². The Kier molecular flexibility index (Phi) is 3.57. The lowest BCUT2D eigenvalue weighted by Crippen LogP contribution is -2.35. The van der Waals surface area contributed by atoms with Gasteiger partial charge in [0.1, 0.15) is 5.75 Å². The molecule has 18 heavy (non-hydrogen) atoms. The molecule has 1 aliphatic carbocycles. The smallest absolute Gasteiger partial charge is 0.216 e. The normalized spacial score (nSPS) is 22.3. The number of carbonyl (C=O) groups is 1. The van der Waals surface area contributed by atoms with Gasteiger partial charge in [0.25, 0.3) is 0 Å². The molecule has 0 saturated heterocycles.